The number of thiazole rings is 1. The van der Waals surface area contributed by atoms with Gasteiger partial charge in [-0.05, 0) is 24.3 Å². The molecule has 1 aromatic carbocycles. The first-order chi connectivity index (χ1) is 10.2. The lowest BCUT2D eigenvalue weighted by Crippen LogP contribution is -2.41. The van der Waals surface area contributed by atoms with Crippen LogP contribution in [0.15, 0.2) is 29.6 Å². The zero-order valence-electron chi connectivity index (χ0n) is 11.4. The van der Waals surface area contributed by atoms with E-state index in [1.807, 2.05) is 10.3 Å². The van der Waals surface area contributed by atoms with Crippen molar-refractivity contribution in [2.75, 3.05) is 26.3 Å². The number of carbonyl (C=O) groups excluding carboxylic acids is 1. The van der Waals surface area contributed by atoms with Crippen LogP contribution < -0.4 is 0 Å². The molecule has 1 saturated heterocycles. The van der Waals surface area contributed by atoms with E-state index in [0.29, 0.717) is 32.7 Å². The first-order valence-electron chi connectivity index (χ1n) is 6.78. The molecule has 0 unspecified atom stereocenters. The van der Waals surface area contributed by atoms with Gasteiger partial charge in [-0.1, -0.05) is 0 Å². The Morgan fingerprint density at radius 2 is 2.00 bits per heavy atom. The maximum Gasteiger partial charge on any atom is 0.229 e. The highest BCUT2D eigenvalue weighted by molar-refractivity contribution is 7.10. The number of carbonyl (C=O) groups is 1. The molecule has 6 heteroatoms. The normalized spacial score (nSPS) is 15.2. The zero-order valence-corrected chi connectivity index (χ0v) is 12.2. The zero-order chi connectivity index (χ0) is 14.7. The Bertz CT molecular complexity index is 621. The molecule has 0 N–H and O–H groups in total. The molecule has 0 radical (unpaired) electrons. The fourth-order valence-electron chi connectivity index (χ4n) is 2.20. The number of aromatic nitrogens is 1. The van der Waals surface area contributed by atoms with Gasteiger partial charge in [-0.25, -0.2) is 9.37 Å². The van der Waals surface area contributed by atoms with Crippen molar-refractivity contribution >= 4 is 17.2 Å². The standard InChI is InChI=1S/C15H15FN2O2S/c16-12-3-1-11(2-4-12)13-10-21-14(17-13)9-15(19)18-5-7-20-8-6-18/h1-4,10H,5-9H2. The van der Waals surface area contributed by atoms with Gasteiger partial charge in [0.1, 0.15) is 10.8 Å². The van der Waals surface area contributed by atoms with Crippen molar-refractivity contribution in [2.45, 2.75) is 6.42 Å². The highest BCUT2D eigenvalue weighted by Crippen LogP contribution is 2.22. The first kappa shape index (κ1) is 14.2. The molecule has 21 heavy (non-hydrogen) atoms. The van der Waals surface area contributed by atoms with Crippen molar-refractivity contribution in [1.82, 2.24) is 9.88 Å². The van der Waals surface area contributed by atoms with Gasteiger partial charge in [0.05, 0.1) is 25.3 Å². The van der Waals surface area contributed by atoms with E-state index in [1.165, 1.54) is 23.5 Å². The van der Waals surface area contributed by atoms with Gasteiger partial charge in [0.25, 0.3) is 0 Å². The van der Waals surface area contributed by atoms with E-state index in [4.69, 9.17) is 4.74 Å². The summed E-state index contributed by atoms with van der Waals surface area (Å²) in [5, 5.41) is 2.68. The minimum atomic E-state index is -0.267. The van der Waals surface area contributed by atoms with Crippen LogP contribution in [-0.4, -0.2) is 42.1 Å². The third-order valence-electron chi connectivity index (χ3n) is 3.36. The quantitative estimate of drug-likeness (QED) is 0.874. The van der Waals surface area contributed by atoms with E-state index in [1.54, 1.807) is 12.1 Å². The lowest BCUT2D eigenvalue weighted by molar-refractivity contribution is -0.134. The van der Waals surface area contributed by atoms with Gasteiger partial charge in [0.15, 0.2) is 0 Å². The Kier molecular flexibility index (Phi) is 4.26. The molecule has 1 aromatic heterocycles. The second-order valence-corrected chi connectivity index (χ2v) is 5.75. The highest BCUT2D eigenvalue weighted by atomic mass is 32.1. The van der Waals surface area contributed by atoms with Crippen LogP contribution in [0.3, 0.4) is 0 Å². The Balaban J connectivity index is 1.67. The summed E-state index contributed by atoms with van der Waals surface area (Å²) in [4.78, 5) is 18.4. The second-order valence-electron chi connectivity index (χ2n) is 4.80. The molecule has 110 valence electrons. The van der Waals surface area contributed by atoms with Crippen LogP contribution >= 0.6 is 11.3 Å². The molecule has 0 atom stereocenters. The lowest BCUT2D eigenvalue weighted by Gasteiger charge is -2.26. The highest BCUT2D eigenvalue weighted by Gasteiger charge is 2.18. The molecular formula is C15H15FN2O2S. The number of hydrogen-bond donors (Lipinski definition) is 0. The molecule has 0 saturated carbocycles. The molecular weight excluding hydrogens is 291 g/mol. The summed E-state index contributed by atoms with van der Waals surface area (Å²) < 4.78 is 18.1. The van der Waals surface area contributed by atoms with Gasteiger partial charge in [-0.2, -0.15) is 0 Å². The number of amides is 1. The molecule has 1 aliphatic rings. The third-order valence-corrected chi connectivity index (χ3v) is 4.21. The predicted octanol–water partition coefficient (Wildman–Crippen LogP) is 2.35. The maximum absolute atomic E-state index is 12.9. The molecule has 1 fully saturated rings. The lowest BCUT2D eigenvalue weighted by atomic mass is 10.2. The SMILES string of the molecule is O=C(Cc1nc(-c2ccc(F)cc2)cs1)N1CCOCC1. The van der Waals surface area contributed by atoms with Crippen molar-refractivity contribution in [3.8, 4) is 11.3 Å². The van der Waals surface area contributed by atoms with Gasteiger partial charge in [0.2, 0.25) is 5.91 Å². The molecule has 1 aliphatic heterocycles. The number of hydrogen-bond acceptors (Lipinski definition) is 4. The number of halogens is 1. The molecule has 0 aliphatic carbocycles. The summed E-state index contributed by atoms with van der Waals surface area (Å²) in [5.74, 6) is -0.185. The van der Waals surface area contributed by atoms with Gasteiger partial charge in [-0.15, -0.1) is 11.3 Å². The van der Waals surface area contributed by atoms with Crippen LogP contribution in [0, 0.1) is 5.82 Å². The van der Waals surface area contributed by atoms with Gasteiger partial charge in [-0.3, -0.25) is 4.79 Å². The smallest absolute Gasteiger partial charge is 0.229 e. The molecule has 0 bridgehead atoms. The van der Waals surface area contributed by atoms with E-state index in [-0.39, 0.29) is 11.7 Å². The summed E-state index contributed by atoms with van der Waals surface area (Å²) in [5.41, 5.74) is 1.64. The van der Waals surface area contributed by atoms with Crippen molar-refractivity contribution < 1.29 is 13.9 Å². The monoisotopic (exact) mass is 306 g/mol. The van der Waals surface area contributed by atoms with Crippen LogP contribution in [-0.2, 0) is 16.0 Å². The average molecular weight is 306 g/mol. The third kappa shape index (κ3) is 3.46. The molecule has 2 heterocycles. The summed E-state index contributed by atoms with van der Waals surface area (Å²) in [6.45, 7) is 2.50. The minimum absolute atomic E-state index is 0.0818. The maximum atomic E-state index is 12.9. The number of rotatable bonds is 3. The number of ether oxygens (including phenoxy) is 1. The molecule has 3 rings (SSSR count). The molecule has 4 nitrogen and oxygen atoms in total. The number of nitrogens with zero attached hydrogens (tertiary/aromatic N) is 2. The van der Waals surface area contributed by atoms with Crippen LogP contribution in [0.4, 0.5) is 4.39 Å². The second kappa shape index (κ2) is 6.32. The summed E-state index contributed by atoms with van der Waals surface area (Å²) in [6, 6.07) is 6.20. The largest absolute Gasteiger partial charge is 0.378 e. The van der Waals surface area contributed by atoms with E-state index in [2.05, 4.69) is 4.98 Å². The van der Waals surface area contributed by atoms with Crippen molar-refractivity contribution in [3.63, 3.8) is 0 Å². The van der Waals surface area contributed by atoms with E-state index in [9.17, 15) is 9.18 Å². The number of morpholine rings is 1. The van der Waals surface area contributed by atoms with Crippen molar-refractivity contribution in [3.05, 3.63) is 40.5 Å². The van der Waals surface area contributed by atoms with Crippen LogP contribution in [0.1, 0.15) is 5.01 Å². The van der Waals surface area contributed by atoms with Crippen molar-refractivity contribution in [1.29, 1.82) is 0 Å². The first-order valence-corrected chi connectivity index (χ1v) is 7.66. The Morgan fingerprint density at radius 3 is 2.71 bits per heavy atom. The van der Waals surface area contributed by atoms with E-state index in [0.717, 1.165) is 16.3 Å². The molecule has 1 amide bonds. The van der Waals surface area contributed by atoms with Crippen LogP contribution in [0.2, 0.25) is 0 Å². The average Bonchev–Trinajstić information content (AvgIpc) is 2.97. The summed E-state index contributed by atoms with van der Waals surface area (Å²) in [7, 11) is 0. The fraction of sp³-hybridized carbons (Fsp3) is 0.333. The van der Waals surface area contributed by atoms with E-state index < -0.39 is 0 Å². The Morgan fingerprint density at radius 1 is 1.29 bits per heavy atom. The van der Waals surface area contributed by atoms with Gasteiger partial charge < -0.3 is 9.64 Å². The predicted molar refractivity (Wildman–Crippen MR) is 78.6 cm³/mol. The summed E-state index contributed by atoms with van der Waals surface area (Å²) in [6.07, 6.45) is 0.311. The van der Waals surface area contributed by atoms with Crippen LogP contribution in [0.5, 0.6) is 0 Å². The number of benzene rings is 1. The Hall–Kier alpha value is -1.79. The Labute approximate surface area is 126 Å². The van der Waals surface area contributed by atoms with Gasteiger partial charge >= 0.3 is 0 Å². The van der Waals surface area contributed by atoms with Crippen LogP contribution in [0.25, 0.3) is 11.3 Å². The van der Waals surface area contributed by atoms with E-state index >= 15 is 0 Å². The van der Waals surface area contributed by atoms with Gasteiger partial charge in [0, 0.05) is 24.0 Å². The molecule has 2 aromatic rings. The topological polar surface area (TPSA) is 42.4 Å². The fourth-order valence-corrected chi connectivity index (χ4v) is 2.99. The minimum Gasteiger partial charge on any atom is -0.378 e. The van der Waals surface area contributed by atoms with Crippen molar-refractivity contribution in [2.24, 2.45) is 0 Å². The molecule has 0 spiro atoms. The summed E-state index contributed by atoms with van der Waals surface area (Å²) >= 11 is 1.46.